The first-order chi connectivity index (χ1) is 16.8. The lowest BCUT2D eigenvalue weighted by molar-refractivity contribution is -0.122. The number of amides is 4. The third-order valence-corrected chi connectivity index (χ3v) is 5.61. The van der Waals surface area contributed by atoms with Crippen LogP contribution in [0.3, 0.4) is 0 Å². The van der Waals surface area contributed by atoms with Crippen LogP contribution in [0, 0.1) is 12.7 Å². The average Bonchev–Trinajstić information content (AvgIpc) is 2.83. The molecule has 4 amide bonds. The van der Waals surface area contributed by atoms with Gasteiger partial charge in [-0.25, -0.2) is 14.1 Å². The summed E-state index contributed by atoms with van der Waals surface area (Å²) in [5.74, 6) is -1.39. The summed E-state index contributed by atoms with van der Waals surface area (Å²) in [5.41, 5.74) is 1.27. The Labute approximate surface area is 205 Å². The summed E-state index contributed by atoms with van der Waals surface area (Å²) in [4.78, 5) is 39.3. The normalized spacial score (nSPS) is 14.8. The molecule has 0 unspecified atom stereocenters. The molecule has 1 saturated heterocycles. The van der Waals surface area contributed by atoms with Crippen molar-refractivity contribution in [1.29, 1.82) is 0 Å². The monoisotopic (exact) mass is 494 g/mol. The molecule has 0 aliphatic carbocycles. The molecule has 0 atom stereocenters. The van der Waals surface area contributed by atoms with Crippen molar-refractivity contribution in [3.8, 4) is 11.5 Å². The van der Waals surface area contributed by atoms with E-state index in [2.05, 4.69) is 5.32 Å². The van der Waals surface area contributed by atoms with Gasteiger partial charge in [0.15, 0.2) is 0 Å². The number of ether oxygens (including phenoxy) is 2. The highest BCUT2D eigenvalue weighted by Gasteiger charge is 2.37. The molecule has 0 saturated carbocycles. The van der Waals surface area contributed by atoms with Crippen LogP contribution >= 0.6 is 11.6 Å². The number of hydrogen-bond donors (Lipinski definition) is 1. The van der Waals surface area contributed by atoms with Crippen molar-refractivity contribution in [3.05, 3.63) is 93.8 Å². The van der Waals surface area contributed by atoms with E-state index in [1.807, 2.05) is 0 Å². The molecular weight excluding hydrogens is 475 g/mol. The molecule has 1 heterocycles. The van der Waals surface area contributed by atoms with Gasteiger partial charge in [0.05, 0.1) is 12.8 Å². The van der Waals surface area contributed by atoms with Gasteiger partial charge in [-0.15, -0.1) is 0 Å². The van der Waals surface area contributed by atoms with Crippen LogP contribution in [0.5, 0.6) is 11.5 Å². The fraction of sp³-hybridized carbons (Fsp3) is 0.115. The van der Waals surface area contributed by atoms with Crippen LogP contribution in [0.25, 0.3) is 6.08 Å². The first-order valence-corrected chi connectivity index (χ1v) is 10.9. The van der Waals surface area contributed by atoms with Gasteiger partial charge in [0, 0.05) is 22.2 Å². The molecule has 7 nitrogen and oxygen atoms in total. The largest absolute Gasteiger partial charge is 0.497 e. The van der Waals surface area contributed by atoms with Gasteiger partial charge in [0.1, 0.15) is 29.5 Å². The summed E-state index contributed by atoms with van der Waals surface area (Å²) >= 11 is 6.07. The molecule has 1 aliphatic rings. The Bertz CT molecular complexity index is 1370. The Morgan fingerprint density at radius 1 is 1.06 bits per heavy atom. The SMILES string of the molecule is COc1ccc(/C=C2\C(=O)NC(=O)N(c3cc(Cl)ccc3C)C2=O)c(OCc2ccccc2F)c1. The van der Waals surface area contributed by atoms with Crippen molar-refractivity contribution in [2.75, 3.05) is 12.0 Å². The Morgan fingerprint density at radius 2 is 1.83 bits per heavy atom. The van der Waals surface area contributed by atoms with Gasteiger partial charge in [-0.3, -0.25) is 14.9 Å². The number of urea groups is 1. The smallest absolute Gasteiger partial charge is 0.335 e. The number of imide groups is 2. The molecular formula is C26H20ClFN2O5. The number of carbonyl (C=O) groups is 3. The first-order valence-electron chi connectivity index (χ1n) is 10.5. The molecule has 1 fully saturated rings. The van der Waals surface area contributed by atoms with Crippen LogP contribution in [0.1, 0.15) is 16.7 Å². The molecule has 3 aromatic rings. The van der Waals surface area contributed by atoms with E-state index in [4.69, 9.17) is 21.1 Å². The maximum atomic E-state index is 14.1. The molecule has 0 aromatic heterocycles. The van der Waals surface area contributed by atoms with E-state index in [1.54, 1.807) is 55.5 Å². The zero-order valence-electron chi connectivity index (χ0n) is 18.8. The molecule has 3 aromatic carbocycles. The van der Waals surface area contributed by atoms with E-state index in [-0.39, 0.29) is 23.6 Å². The third-order valence-electron chi connectivity index (χ3n) is 5.38. The predicted molar refractivity (Wildman–Crippen MR) is 129 cm³/mol. The molecule has 0 radical (unpaired) electrons. The van der Waals surface area contributed by atoms with Crippen LogP contribution in [0.4, 0.5) is 14.9 Å². The van der Waals surface area contributed by atoms with Crippen molar-refractivity contribution in [2.45, 2.75) is 13.5 Å². The maximum Gasteiger partial charge on any atom is 0.335 e. The number of barbiturate groups is 1. The molecule has 1 N–H and O–H groups in total. The zero-order valence-corrected chi connectivity index (χ0v) is 19.6. The zero-order chi connectivity index (χ0) is 25.1. The fourth-order valence-electron chi connectivity index (χ4n) is 3.51. The van der Waals surface area contributed by atoms with E-state index in [0.717, 1.165) is 4.90 Å². The second-order valence-corrected chi connectivity index (χ2v) is 8.11. The molecule has 0 spiro atoms. The van der Waals surface area contributed by atoms with E-state index in [1.165, 1.54) is 25.3 Å². The molecule has 35 heavy (non-hydrogen) atoms. The molecule has 1 aliphatic heterocycles. The second-order valence-electron chi connectivity index (χ2n) is 7.67. The summed E-state index contributed by atoms with van der Waals surface area (Å²) < 4.78 is 25.1. The van der Waals surface area contributed by atoms with Crippen molar-refractivity contribution in [3.63, 3.8) is 0 Å². The predicted octanol–water partition coefficient (Wildman–Crippen LogP) is 5.04. The van der Waals surface area contributed by atoms with Gasteiger partial charge in [-0.1, -0.05) is 35.9 Å². The van der Waals surface area contributed by atoms with E-state index >= 15 is 0 Å². The van der Waals surface area contributed by atoms with Crippen LogP contribution in [0.2, 0.25) is 5.02 Å². The van der Waals surface area contributed by atoms with Crippen LogP contribution < -0.4 is 19.7 Å². The molecule has 178 valence electrons. The number of hydrogen-bond acceptors (Lipinski definition) is 5. The molecule has 4 rings (SSSR count). The van der Waals surface area contributed by atoms with Crippen molar-refractivity contribution in [2.24, 2.45) is 0 Å². The van der Waals surface area contributed by atoms with Crippen molar-refractivity contribution < 1.29 is 28.2 Å². The number of nitrogens with one attached hydrogen (secondary N) is 1. The summed E-state index contributed by atoms with van der Waals surface area (Å²) in [5, 5.41) is 2.51. The highest BCUT2D eigenvalue weighted by atomic mass is 35.5. The van der Waals surface area contributed by atoms with Gasteiger partial charge in [-0.2, -0.15) is 0 Å². The summed E-state index contributed by atoms with van der Waals surface area (Å²) in [7, 11) is 1.48. The quantitative estimate of drug-likeness (QED) is 0.383. The first kappa shape index (κ1) is 24.0. The van der Waals surface area contributed by atoms with Crippen LogP contribution in [-0.4, -0.2) is 25.0 Å². The Hall–Kier alpha value is -4.17. The standard InChI is InChI=1S/C26H20ClFN2O5/c1-15-7-9-18(27)12-22(15)30-25(32)20(24(31)29-26(30)33)11-16-8-10-19(34-2)13-23(16)35-14-17-5-3-4-6-21(17)28/h3-13H,14H2,1-2H3,(H,29,31,33)/b20-11+. The van der Waals surface area contributed by atoms with Crippen LogP contribution in [-0.2, 0) is 16.2 Å². The lowest BCUT2D eigenvalue weighted by atomic mass is 10.0. The number of benzene rings is 3. The minimum Gasteiger partial charge on any atom is -0.497 e. The van der Waals surface area contributed by atoms with Gasteiger partial charge >= 0.3 is 6.03 Å². The molecule has 9 heteroatoms. The summed E-state index contributed by atoms with van der Waals surface area (Å²) in [6, 6.07) is 14.8. The topological polar surface area (TPSA) is 84.9 Å². The van der Waals surface area contributed by atoms with E-state index in [9.17, 15) is 18.8 Å². The van der Waals surface area contributed by atoms with Crippen molar-refractivity contribution in [1.82, 2.24) is 5.32 Å². The van der Waals surface area contributed by atoms with Crippen LogP contribution in [0.15, 0.2) is 66.2 Å². The number of nitrogens with zero attached hydrogens (tertiary/aromatic N) is 1. The highest BCUT2D eigenvalue weighted by Crippen LogP contribution is 2.31. The highest BCUT2D eigenvalue weighted by molar-refractivity contribution is 6.39. The summed E-state index contributed by atoms with van der Waals surface area (Å²) in [6.45, 7) is 1.62. The maximum absolute atomic E-state index is 14.1. The Balaban J connectivity index is 1.72. The van der Waals surface area contributed by atoms with E-state index in [0.29, 0.717) is 27.5 Å². The fourth-order valence-corrected chi connectivity index (χ4v) is 3.68. The average molecular weight is 495 g/mol. The minimum atomic E-state index is -0.881. The Kier molecular flexibility index (Phi) is 6.84. The third kappa shape index (κ3) is 5.02. The number of methoxy groups -OCH3 is 1. The van der Waals surface area contributed by atoms with E-state index < -0.39 is 23.7 Å². The van der Waals surface area contributed by atoms with Gasteiger partial charge in [0.2, 0.25) is 0 Å². The number of carbonyl (C=O) groups excluding carboxylic acids is 3. The number of anilines is 1. The Morgan fingerprint density at radius 3 is 2.57 bits per heavy atom. The molecule has 0 bridgehead atoms. The number of rotatable bonds is 6. The van der Waals surface area contributed by atoms with Gasteiger partial charge < -0.3 is 9.47 Å². The van der Waals surface area contributed by atoms with Crippen molar-refractivity contribution >= 4 is 41.2 Å². The minimum absolute atomic E-state index is 0.0948. The second kappa shape index (κ2) is 9.99. The number of aryl methyl sites for hydroxylation is 1. The lowest BCUT2D eigenvalue weighted by Gasteiger charge is -2.27. The summed E-state index contributed by atoms with van der Waals surface area (Å²) in [6.07, 6.45) is 1.31. The van der Waals surface area contributed by atoms with Gasteiger partial charge in [-0.05, 0) is 48.9 Å². The number of halogens is 2. The lowest BCUT2D eigenvalue weighted by Crippen LogP contribution is -2.54. The van der Waals surface area contributed by atoms with Gasteiger partial charge in [0.25, 0.3) is 11.8 Å².